The third kappa shape index (κ3) is 16.0. The Morgan fingerprint density at radius 3 is 1.95 bits per heavy atom. The first kappa shape index (κ1) is 20.8. The number of esters is 1. The first-order valence-corrected chi connectivity index (χ1v) is 9.56. The quantitative estimate of drug-likeness (QED) is 0.230. The summed E-state index contributed by atoms with van der Waals surface area (Å²) >= 11 is 4.64. The molecule has 1 atom stereocenters. The van der Waals surface area contributed by atoms with E-state index in [-0.39, 0.29) is 5.97 Å². The zero-order chi connectivity index (χ0) is 15.8. The van der Waals surface area contributed by atoms with E-state index in [4.69, 9.17) is 4.74 Å². The lowest BCUT2D eigenvalue weighted by molar-refractivity contribution is -0.143. The van der Waals surface area contributed by atoms with Crippen LogP contribution in [0.2, 0.25) is 0 Å². The molecule has 0 aliphatic rings. The van der Waals surface area contributed by atoms with E-state index in [0.29, 0.717) is 18.3 Å². The molecule has 21 heavy (non-hydrogen) atoms. The number of carbonyl (C=O) groups excluding carboxylic acids is 1. The Kier molecular flexibility index (Phi) is 16.1. The molecule has 1 unspecified atom stereocenters. The van der Waals surface area contributed by atoms with Gasteiger partial charge in [-0.15, -0.1) is 0 Å². The number of thiol groups is 1. The minimum Gasteiger partial charge on any atom is -0.466 e. The highest BCUT2D eigenvalue weighted by atomic mass is 32.1. The predicted octanol–water partition coefficient (Wildman–Crippen LogP) is 5.94. The third-order valence-electron chi connectivity index (χ3n) is 3.86. The Bertz CT molecular complexity index is 231. The molecule has 0 radical (unpaired) electrons. The van der Waals surface area contributed by atoms with Gasteiger partial charge in [0.15, 0.2) is 0 Å². The molecule has 0 saturated carbocycles. The fourth-order valence-electron chi connectivity index (χ4n) is 2.53. The zero-order valence-electron chi connectivity index (χ0n) is 14.2. The fourth-order valence-corrected chi connectivity index (χ4v) is 2.89. The van der Waals surface area contributed by atoms with Crippen molar-refractivity contribution >= 4 is 18.6 Å². The summed E-state index contributed by atoms with van der Waals surface area (Å²) in [6.45, 7) is 4.61. The molecule has 0 spiro atoms. The van der Waals surface area contributed by atoms with Gasteiger partial charge in [-0.2, -0.15) is 12.6 Å². The minimum atomic E-state index is -0.0399. The van der Waals surface area contributed by atoms with Gasteiger partial charge in [0.25, 0.3) is 0 Å². The van der Waals surface area contributed by atoms with Crippen molar-refractivity contribution in [1.29, 1.82) is 0 Å². The summed E-state index contributed by atoms with van der Waals surface area (Å²) in [5.41, 5.74) is 0. The van der Waals surface area contributed by atoms with Gasteiger partial charge in [0.2, 0.25) is 0 Å². The predicted molar refractivity (Wildman–Crippen MR) is 95.1 cm³/mol. The van der Waals surface area contributed by atoms with Gasteiger partial charge in [-0.1, -0.05) is 64.7 Å². The Balaban J connectivity index is 3.14. The van der Waals surface area contributed by atoms with E-state index in [0.717, 1.165) is 12.8 Å². The molecule has 0 N–H and O–H groups in total. The summed E-state index contributed by atoms with van der Waals surface area (Å²) in [6, 6.07) is 0. The molecular weight excluding hydrogens is 280 g/mol. The van der Waals surface area contributed by atoms with Crippen molar-refractivity contribution in [2.75, 3.05) is 6.61 Å². The second-order valence-corrected chi connectivity index (χ2v) is 6.70. The lowest BCUT2D eigenvalue weighted by Gasteiger charge is -2.09. The summed E-state index contributed by atoms with van der Waals surface area (Å²) < 4.78 is 4.91. The van der Waals surface area contributed by atoms with Crippen LogP contribution in [-0.2, 0) is 9.53 Å². The smallest absolute Gasteiger partial charge is 0.305 e. The maximum Gasteiger partial charge on any atom is 0.305 e. The second-order valence-electron chi connectivity index (χ2n) is 5.97. The van der Waals surface area contributed by atoms with Crippen molar-refractivity contribution < 1.29 is 9.53 Å². The van der Waals surface area contributed by atoms with Crippen LogP contribution in [0.4, 0.5) is 0 Å². The summed E-state index contributed by atoms with van der Waals surface area (Å²) in [4.78, 5) is 11.1. The van der Waals surface area contributed by atoms with E-state index in [9.17, 15) is 4.79 Å². The van der Waals surface area contributed by atoms with Crippen LogP contribution in [-0.4, -0.2) is 17.8 Å². The molecule has 2 nitrogen and oxygen atoms in total. The molecular formula is C18H36O2S. The maximum absolute atomic E-state index is 11.1. The van der Waals surface area contributed by atoms with Crippen molar-refractivity contribution in [2.45, 2.75) is 103 Å². The Morgan fingerprint density at radius 2 is 1.38 bits per heavy atom. The summed E-state index contributed by atoms with van der Waals surface area (Å²) in [5, 5.41) is 0.618. The lowest BCUT2D eigenvalue weighted by atomic mass is 10.0. The van der Waals surface area contributed by atoms with Crippen LogP contribution in [0, 0.1) is 0 Å². The average Bonchev–Trinajstić information content (AvgIpc) is 2.47. The number of hydrogen-bond donors (Lipinski definition) is 1. The highest BCUT2D eigenvalue weighted by Gasteiger charge is 2.02. The van der Waals surface area contributed by atoms with E-state index < -0.39 is 0 Å². The van der Waals surface area contributed by atoms with Crippen molar-refractivity contribution in [3.05, 3.63) is 0 Å². The van der Waals surface area contributed by atoms with E-state index >= 15 is 0 Å². The first-order valence-electron chi connectivity index (χ1n) is 9.04. The summed E-state index contributed by atoms with van der Waals surface area (Å²) in [7, 11) is 0. The van der Waals surface area contributed by atoms with Crippen LogP contribution in [0.5, 0.6) is 0 Å². The standard InChI is InChI=1S/C18H36O2S/c1-3-5-14-17(21)15-12-10-8-6-7-9-11-13-16-18(19)20-4-2/h17,21H,3-16H2,1-2H3. The lowest BCUT2D eigenvalue weighted by Crippen LogP contribution is -2.03. The van der Waals surface area contributed by atoms with Gasteiger partial charge < -0.3 is 4.74 Å². The molecule has 0 fully saturated rings. The molecule has 0 aromatic heterocycles. The molecule has 0 aromatic rings. The number of ether oxygens (including phenoxy) is 1. The van der Waals surface area contributed by atoms with Crippen LogP contribution in [0.25, 0.3) is 0 Å². The van der Waals surface area contributed by atoms with Crippen molar-refractivity contribution in [3.63, 3.8) is 0 Å². The van der Waals surface area contributed by atoms with Crippen LogP contribution in [0.3, 0.4) is 0 Å². The third-order valence-corrected chi connectivity index (χ3v) is 4.38. The Morgan fingerprint density at radius 1 is 0.857 bits per heavy atom. The topological polar surface area (TPSA) is 26.3 Å². The van der Waals surface area contributed by atoms with E-state index in [1.165, 1.54) is 64.2 Å². The molecule has 0 amide bonds. The van der Waals surface area contributed by atoms with Gasteiger partial charge in [0.1, 0.15) is 0 Å². The van der Waals surface area contributed by atoms with Crippen molar-refractivity contribution in [3.8, 4) is 0 Å². The number of carbonyl (C=O) groups is 1. The van der Waals surface area contributed by atoms with Crippen LogP contribution < -0.4 is 0 Å². The molecule has 0 aromatic carbocycles. The van der Waals surface area contributed by atoms with Gasteiger partial charge in [0, 0.05) is 11.7 Å². The average molecular weight is 317 g/mol. The Labute approximate surface area is 137 Å². The van der Waals surface area contributed by atoms with E-state index in [2.05, 4.69) is 19.6 Å². The highest BCUT2D eigenvalue weighted by Crippen LogP contribution is 2.16. The fraction of sp³-hybridized carbons (Fsp3) is 0.944. The molecule has 3 heteroatoms. The number of hydrogen-bond acceptors (Lipinski definition) is 3. The van der Waals surface area contributed by atoms with Crippen molar-refractivity contribution in [1.82, 2.24) is 0 Å². The van der Waals surface area contributed by atoms with Gasteiger partial charge in [-0.3, -0.25) is 4.79 Å². The number of rotatable bonds is 15. The molecule has 0 heterocycles. The summed E-state index contributed by atoms with van der Waals surface area (Å²) in [5.74, 6) is -0.0399. The molecule has 0 saturated heterocycles. The highest BCUT2D eigenvalue weighted by molar-refractivity contribution is 7.80. The van der Waals surface area contributed by atoms with Gasteiger partial charge in [-0.05, 0) is 26.2 Å². The van der Waals surface area contributed by atoms with Crippen LogP contribution in [0.15, 0.2) is 0 Å². The van der Waals surface area contributed by atoms with E-state index in [1.807, 2.05) is 6.92 Å². The van der Waals surface area contributed by atoms with Crippen molar-refractivity contribution in [2.24, 2.45) is 0 Å². The molecule has 0 rings (SSSR count). The zero-order valence-corrected chi connectivity index (χ0v) is 15.1. The normalized spacial score (nSPS) is 12.3. The van der Waals surface area contributed by atoms with Gasteiger partial charge >= 0.3 is 5.97 Å². The molecule has 126 valence electrons. The van der Waals surface area contributed by atoms with Crippen LogP contribution in [0.1, 0.15) is 97.3 Å². The van der Waals surface area contributed by atoms with Gasteiger partial charge in [-0.25, -0.2) is 0 Å². The van der Waals surface area contributed by atoms with E-state index in [1.54, 1.807) is 0 Å². The molecule has 0 aliphatic heterocycles. The molecule has 0 bridgehead atoms. The second kappa shape index (κ2) is 16.2. The SMILES string of the molecule is CCCCC(S)CCCCCCCCCCC(=O)OCC. The largest absolute Gasteiger partial charge is 0.466 e. The Hall–Kier alpha value is -0.180. The number of unbranched alkanes of at least 4 members (excludes halogenated alkanes) is 8. The van der Waals surface area contributed by atoms with Crippen LogP contribution >= 0.6 is 12.6 Å². The first-order chi connectivity index (χ1) is 10.2. The molecule has 0 aliphatic carbocycles. The summed E-state index contributed by atoms with van der Waals surface area (Å²) in [6.07, 6.45) is 15.8. The minimum absolute atomic E-state index is 0.0399. The maximum atomic E-state index is 11.1. The monoisotopic (exact) mass is 316 g/mol. The van der Waals surface area contributed by atoms with Gasteiger partial charge in [0.05, 0.1) is 6.61 Å².